The summed E-state index contributed by atoms with van der Waals surface area (Å²) < 4.78 is 85.9. The number of benzene rings is 7. The van der Waals surface area contributed by atoms with Gasteiger partial charge in [0, 0.05) is 93.3 Å². The van der Waals surface area contributed by atoms with Crippen LogP contribution in [0.15, 0.2) is 182 Å². The van der Waals surface area contributed by atoms with Crippen LogP contribution in [0.2, 0.25) is 0 Å². The zero-order valence-corrected chi connectivity index (χ0v) is 74.0. The molecule has 0 aliphatic heterocycles. The third-order valence-corrected chi connectivity index (χ3v) is 29.0. The van der Waals surface area contributed by atoms with Crippen molar-refractivity contribution in [3.8, 4) is 67.8 Å². The van der Waals surface area contributed by atoms with E-state index in [4.69, 9.17) is 11.0 Å². The molecule has 11 aromatic rings. The molecule has 6 heteroatoms. The van der Waals surface area contributed by atoms with E-state index in [0.29, 0.717) is 56.8 Å². The molecule has 0 atom stereocenters. The summed E-state index contributed by atoms with van der Waals surface area (Å²) in [5, 5.41) is 0. The van der Waals surface area contributed by atoms with Crippen molar-refractivity contribution in [3.63, 3.8) is 0 Å². The highest BCUT2D eigenvalue weighted by molar-refractivity contribution is 5.73. The van der Waals surface area contributed by atoms with Crippen LogP contribution in [0.5, 0.6) is 0 Å². The van der Waals surface area contributed by atoms with Gasteiger partial charge in [-0.15, -0.1) is 0 Å². The number of hydrogen-bond donors (Lipinski definition) is 0. The standard InChI is InChI=1S/C36H43N2.C31H41N2.2C22H28N/c1-24(2)30-20-28(27-15-8-7-9-16-27)21-31(25(3)4)34(30)38-33-23-36(18-12-13-19-36)22-32(33)37(6)35(38)29-17-11-10-14-26(29)5;1-21(2)24-15-12-16-25(22(3)4)29(24)33-28-20-31(17-10-7-11-18-31)19-27(28)32(6)30(33)26-14-9-8-13-23(26)5;1-17-8-4-5-9-20(17)21-14-19-15-22(11-6-3-7-12-22)13-10-18(19)16-23(21)2;1-17-8-4-5-9-20(17)21-14-18-10-13-22(11-6-3-7-12-22)15-19(18)16-23(21)2/h7-11,14-17,20-21,24-25H,12-13,18-19,22-23H2,1-6H3;8-9,12-16,21-22H,7,10-11,17-20H2,1-6H3;2*4-5,8-9,14,16H,3,6-7,10-13,15H2,1-2H3/q4*+1/i;;2*10D2,15D2. The summed E-state index contributed by atoms with van der Waals surface area (Å²) in [4.78, 5) is 0. The maximum Gasteiger partial charge on any atom is 0.294 e. The molecule has 0 saturated heterocycles. The van der Waals surface area contributed by atoms with Gasteiger partial charge in [0.15, 0.2) is 23.8 Å². The predicted molar refractivity (Wildman–Crippen MR) is 488 cm³/mol. The summed E-state index contributed by atoms with van der Waals surface area (Å²) in [6, 6.07) is 60.8. The van der Waals surface area contributed by atoms with Crippen molar-refractivity contribution >= 4 is 0 Å². The Kier molecular flexibility index (Phi) is 21.1. The van der Waals surface area contributed by atoms with Gasteiger partial charge in [-0.1, -0.05) is 247 Å². The minimum atomic E-state index is -1.51. The van der Waals surface area contributed by atoms with Crippen molar-refractivity contribution in [2.75, 3.05) is 0 Å². The van der Waals surface area contributed by atoms with Gasteiger partial charge in [0.2, 0.25) is 11.4 Å². The van der Waals surface area contributed by atoms with E-state index < -0.39 is 36.3 Å². The lowest BCUT2D eigenvalue weighted by atomic mass is 9.64. The number of nitrogens with zero attached hydrogens (tertiary/aromatic N) is 6. The first-order chi connectivity index (χ1) is 59.5. The van der Waals surface area contributed by atoms with Crippen LogP contribution >= 0.6 is 0 Å². The topological polar surface area (TPSA) is 25.4 Å². The Morgan fingerprint density at radius 1 is 0.316 bits per heavy atom. The van der Waals surface area contributed by atoms with Crippen LogP contribution in [0, 0.1) is 49.4 Å². The van der Waals surface area contributed by atoms with Gasteiger partial charge in [0.25, 0.3) is 11.6 Å². The molecule has 8 aliphatic carbocycles. The maximum absolute atomic E-state index is 9.10. The summed E-state index contributed by atoms with van der Waals surface area (Å²) in [6.45, 7) is 27.5. The third kappa shape index (κ3) is 16.3. The van der Waals surface area contributed by atoms with E-state index in [1.807, 2.05) is 78.1 Å². The molecule has 19 rings (SSSR count). The highest BCUT2D eigenvalue weighted by atomic mass is 15.2. The number of imidazole rings is 2. The molecule has 4 saturated carbocycles. The van der Waals surface area contributed by atoms with Gasteiger partial charge in [-0.05, 0) is 244 Å². The fraction of sp³-hybridized carbons (Fsp3) is 0.477. The number of aryl methyl sites for hydroxylation is 8. The first-order valence-corrected chi connectivity index (χ1v) is 45.4. The number of pyridine rings is 2. The number of rotatable bonds is 11. The van der Waals surface area contributed by atoms with E-state index in [2.05, 4.69) is 243 Å². The van der Waals surface area contributed by atoms with E-state index in [1.54, 1.807) is 22.8 Å². The molecule has 7 aromatic carbocycles. The highest BCUT2D eigenvalue weighted by Gasteiger charge is 2.51. The zero-order chi connectivity index (χ0) is 88.8. The Labute approximate surface area is 716 Å². The van der Waals surface area contributed by atoms with Gasteiger partial charge in [-0.2, -0.15) is 9.13 Å². The lowest BCUT2D eigenvalue weighted by Gasteiger charge is -2.41. The van der Waals surface area contributed by atoms with Gasteiger partial charge in [0.05, 0.1) is 25.2 Å². The van der Waals surface area contributed by atoms with Gasteiger partial charge < -0.3 is 0 Å². The smallest absolute Gasteiger partial charge is 0.229 e. The lowest BCUT2D eigenvalue weighted by molar-refractivity contribution is -0.667. The number of aromatic nitrogens is 6. The molecular formula is C111H140N6+4. The molecule has 6 nitrogen and oxygen atoms in total. The molecule has 117 heavy (non-hydrogen) atoms. The Morgan fingerprint density at radius 2 is 0.658 bits per heavy atom. The van der Waals surface area contributed by atoms with Gasteiger partial charge in [-0.3, -0.25) is 0 Å². The van der Waals surface area contributed by atoms with Crippen molar-refractivity contribution in [1.82, 2.24) is 9.13 Å². The van der Waals surface area contributed by atoms with Crippen LogP contribution in [0.1, 0.15) is 314 Å². The van der Waals surface area contributed by atoms with Gasteiger partial charge in [0.1, 0.15) is 36.9 Å². The predicted octanol–water partition coefficient (Wildman–Crippen LogP) is 26.3. The average Bonchev–Trinajstić information content (AvgIpc) is 1.70. The van der Waals surface area contributed by atoms with Crippen LogP contribution in [0.3, 0.4) is 0 Å². The first-order valence-electron chi connectivity index (χ1n) is 49.4. The molecule has 0 radical (unpaired) electrons. The van der Waals surface area contributed by atoms with Crippen LogP contribution in [0.4, 0.5) is 0 Å². The summed E-state index contributed by atoms with van der Waals surface area (Å²) in [5.74, 6) is 4.51. The fourth-order valence-electron chi connectivity index (χ4n) is 22.4. The van der Waals surface area contributed by atoms with Gasteiger partial charge >= 0.3 is 0 Å². The second kappa shape index (κ2) is 34.2. The molecule has 0 amide bonds. The van der Waals surface area contributed by atoms with Crippen LogP contribution in [-0.4, -0.2) is 9.13 Å². The average molecular weight is 1570 g/mol. The molecule has 4 heterocycles. The monoisotopic (exact) mass is 1570 g/mol. The number of fused-ring (bicyclic) bond motifs is 4. The van der Waals surface area contributed by atoms with E-state index in [0.717, 1.165) is 97.8 Å². The normalized spacial score (nSPS) is 20.6. The lowest BCUT2D eigenvalue weighted by Crippen LogP contribution is -2.37. The number of hydrogen-bond acceptors (Lipinski definition) is 0. The summed E-state index contributed by atoms with van der Waals surface area (Å²) in [5.41, 5.74) is 31.2. The van der Waals surface area contributed by atoms with E-state index in [-0.39, 0.29) is 12.8 Å². The summed E-state index contributed by atoms with van der Waals surface area (Å²) in [7, 11) is 8.52. The van der Waals surface area contributed by atoms with E-state index in [9.17, 15) is 0 Å². The van der Waals surface area contributed by atoms with Crippen molar-refractivity contribution in [2.24, 2.45) is 49.9 Å². The Morgan fingerprint density at radius 3 is 1.07 bits per heavy atom. The molecule has 0 N–H and O–H groups in total. The summed E-state index contributed by atoms with van der Waals surface area (Å²) >= 11 is 0. The fourth-order valence-corrected chi connectivity index (χ4v) is 22.4. The second-order valence-corrected chi connectivity index (χ2v) is 38.6. The minimum absolute atomic E-state index is 0.279. The molecule has 0 unspecified atom stereocenters. The third-order valence-electron chi connectivity index (χ3n) is 29.0. The largest absolute Gasteiger partial charge is 0.294 e. The van der Waals surface area contributed by atoms with E-state index in [1.165, 1.54) is 162 Å². The molecule has 8 aliphatic rings. The Hall–Kier alpha value is -8.74. The zero-order valence-electron chi connectivity index (χ0n) is 82.0. The second-order valence-electron chi connectivity index (χ2n) is 38.6. The molecule has 0 bridgehead atoms. The first kappa shape index (κ1) is 72.3. The van der Waals surface area contributed by atoms with E-state index >= 15 is 0 Å². The maximum atomic E-state index is 9.10. The Balaban J connectivity index is 0.000000124. The van der Waals surface area contributed by atoms with Crippen molar-refractivity contribution < 1.29 is 29.2 Å². The van der Waals surface area contributed by atoms with Crippen molar-refractivity contribution in [2.45, 2.75) is 293 Å². The van der Waals surface area contributed by atoms with Gasteiger partial charge in [-0.25, -0.2) is 18.3 Å². The highest BCUT2D eigenvalue weighted by Crippen LogP contribution is 2.54. The molecular weight excluding hydrogens is 1420 g/mol. The number of para-hydroxylation sites is 1. The van der Waals surface area contributed by atoms with Crippen LogP contribution in [-0.2, 0) is 79.4 Å². The van der Waals surface area contributed by atoms with Crippen molar-refractivity contribution in [1.29, 1.82) is 0 Å². The quantitative estimate of drug-likeness (QED) is 0.115. The van der Waals surface area contributed by atoms with Crippen LogP contribution < -0.4 is 18.3 Å². The molecule has 610 valence electrons. The molecule has 4 fully saturated rings. The summed E-state index contributed by atoms with van der Waals surface area (Å²) in [6.07, 6.45) is 25.0. The molecule has 4 spiro atoms. The van der Waals surface area contributed by atoms with Crippen LogP contribution in [0.25, 0.3) is 67.8 Å². The SMILES string of the molecule is Cc1ccccc1-c1n(-c2c(C(C)C)cc(-c3ccccc3)cc2C(C)C)c2c([n+]1C)CC1(CCCC1)C2.Cc1ccccc1-c1n(-c2c(C(C)C)cccc2C(C)C)c2c([n+]1C)CC1(CCCCC1)C2.[2H]C1([2H])CC2(CCCCC2)C([2H])([2H])c2c[n+](C)c(-c3ccccc3C)cc21.[2H]C1([2H])CC2(CCCCC2)C([2H])([2H])c2cc(-c3ccccc3C)[n+](C)cc21. The minimum Gasteiger partial charge on any atom is -0.229 e. The van der Waals surface area contributed by atoms with Crippen molar-refractivity contribution in [3.05, 3.63) is 272 Å². The Bertz CT molecular complexity index is 5770. The molecule has 4 aromatic heterocycles.